The number of nitrogens with zero attached hydrogens (tertiary/aromatic N) is 6. The summed E-state index contributed by atoms with van der Waals surface area (Å²) in [5.41, 5.74) is 5.05. The van der Waals surface area contributed by atoms with Crippen molar-refractivity contribution < 1.29 is 4.79 Å². The van der Waals surface area contributed by atoms with Gasteiger partial charge in [-0.2, -0.15) is 0 Å². The fourth-order valence-corrected chi connectivity index (χ4v) is 5.19. The van der Waals surface area contributed by atoms with Crippen LogP contribution in [0.4, 0.5) is 11.5 Å². The maximum atomic E-state index is 13.3. The summed E-state index contributed by atoms with van der Waals surface area (Å²) in [4.78, 5) is 41.5. The van der Waals surface area contributed by atoms with Gasteiger partial charge in [-0.3, -0.25) is 14.2 Å². The third kappa shape index (κ3) is 4.02. The average molecular weight is 461 g/mol. The molecule has 8 nitrogen and oxygen atoms in total. The Morgan fingerprint density at radius 1 is 0.941 bits per heavy atom. The fraction of sp³-hybridized carbons (Fsp3) is 0.462. The van der Waals surface area contributed by atoms with Gasteiger partial charge in [0.05, 0.1) is 0 Å². The lowest BCUT2D eigenvalue weighted by molar-refractivity contribution is -0.136. The Labute approximate surface area is 199 Å². The zero-order chi connectivity index (χ0) is 23.8. The van der Waals surface area contributed by atoms with E-state index in [1.165, 1.54) is 16.8 Å². The van der Waals surface area contributed by atoms with Gasteiger partial charge in [0, 0.05) is 64.1 Å². The molecule has 0 spiro atoms. The number of piperazine rings is 1. The molecule has 0 aliphatic carbocycles. The molecule has 1 aromatic carbocycles. The van der Waals surface area contributed by atoms with Crippen LogP contribution in [0.25, 0.3) is 11.2 Å². The number of benzene rings is 1. The maximum absolute atomic E-state index is 13.3. The van der Waals surface area contributed by atoms with Crippen LogP contribution in [0.2, 0.25) is 0 Å². The highest BCUT2D eigenvalue weighted by molar-refractivity contribution is 5.79. The SMILES string of the molecule is Cc1cccc(N2CCN(C(=O)C3CCN(c4nc5cccnc5n(C)c4=O)CC3)CC2)c1C. The third-order valence-corrected chi connectivity index (χ3v) is 7.46. The molecule has 2 fully saturated rings. The number of amides is 1. The molecule has 178 valence electrons. The van der Waals surface area contributed by atoms with Gasteiger partial charge >= 0.3 is 0 Å². The number of piperidine rings is 1. The van der Waals surface area contributed by atoms with Crippen LogP contribution < -0.4 is 15.4 Å². The Balaban J connectivity index is 1.21. The Kier molecular flexibility index (Phi) is 5.98. The Bertz CT molecular complexity index is 1270. The first-order valence-corrected chi connectivity index (χ1v) is 12.1. The molecule has 4 heterocycles. The molecule has 1 amide bonds. The van der Waals surface area contributed by atoms with Gasteiger partial charge < -0.3 is 14.7 Å². The summed E-state index contributed by atoms with van der Waals surface area (Å²) in [6.45, 7) is 8.87. The lowest BCUT2D eigenvalue weighted by Gasteiger charge is -2.40. The lowest BCUT2D eigenvalue weighted by atomic mass is 9.95. The summed E-state index contributed by atoms with van der Waals surface area (Å²) in [6, 6.07) is 10.1. The van der Waals surface area contributed by atoms with Gasteiger partial charge in [0.25, 0.3) is 5.56 Å². The number of anilines is 2. The molecule has 34 heavy (non-hydrogen) atoms. The molecule has 0 unspecified atom stereocenters. The molecule has 0 N–H and O–H groups in total. The Morgan fingerprint density at radius 2 is 1.68 bits per heavy atom. The first kappa shape index (κ1) is 22.4. The lowest BCUT2D eigenvalue weighted by Crippen LogP contribution is -2.52. The van der Waals surface area contributed by atoms with E-state index in [4.69, 9.17) is 0 Å². The fourth-order valence-electron chi connectivity index (χ4n) is 5.19. The molecule has 0 saturated carbocycles. The number of aromatic nitrogens is 3. The van der Waals surface area contributed by atoms with Crippen LogP contribution in [0, 0.1) is 19.8 Å². The second-order valence-corrected chi connectivity index (χ2v) is 9.44. The summed E-state index contributed by atoms with van der Waals surface area (Å²) in [5, 5.41) is 0. The van der Waals surface area contributed by atoms with E-state index in [0.717, 1.165) is 39.0 Å². The van der Waals surface area contributed by atoms with Gasteiger partial charge in [-0.05, 0) is 56.0 Å². The molecule has 3 aromatic rings. The summed E-state index contributed by atoms with van der Waals surface area (Å²) in [6.07, 6.45) is 3.15. The normalized spacial score (nSPS) is 17.4. The number of pyridine rings is 1. The van der Waals surface area contributed by atoms with Crippen molar-refractivity contribution in [2.45, 2.75) is 26.7 Å². The van der Waals surface area contributed by atoms with E-state index in [1.807, 2.05) is 21.9 Å². The number of rotatable bonds is 3. The minimum atomic E-state index is -0.140. The van der Waals surface area contributed by atoms with Crippen molar-refractivity contribution in [2.24, 2.45) is 13.0 Å². The van der Waals surface area contributed by atoms with E-state index in [2.05, 4.69) is 46.9 Å². The smallest absolute Gasteiger partial charge is 0.294 e. The van der Waals surface area contributed by atoms with E-state index < -0.39 is 0 Å². The first-order chi connectivity index (χ1) is 16.4. The van der Waals surface area contributed by atoms with Crippen LogP contribution in [-0.2, 0) is 11.8 Å². The first-order valence-electron chi connectivity index (χ1n) is 12.1. The monoisotopic (exact) mass is 460 g/mol. The van der Waals surface area contributed by atoms with Crippen molar-refractivity contribution in [3.63, 3.8) is 0 Å². The molecule has 0 atom stereocenters. The van der Waals surface area contributed by atoms with Crippen molar-refractivity contribution in [3.05, 3.63) is 58.0 Å². The molecule has 2 saturated heterocycles. The predicted octanol–water partition coefficient (Wildman–Crippen LogP) is 2.51. The molecule has 2 aliphatic heterocycles. The van der Waals surface area contributed by atoms with Crippen LogP contribution in [-0.4, -0.2) is 64.6 Å². The van der Waals surface area contributed by atoms with Crippen molar-refractivity contribution >= 4 is 28.6 Å². The third-order valence-electron chi connectivity index (χ3n) is 7.46. The van der Waals surface area contributed by atoms with Crippen LogP contribution in [0.1, 0.15) is 24.0 Å². The van der Waals surface area contributed by atoms with Crippen LogP contribution in [0.15, 0.2) is 41.3 Å². The van der Waals surface area contributed by atoms with Crippen molar-refractivity contribution in [3.8, 4) is 0 Å². The highest BCUT2D eigenvalue weighted by Crippen LogP contribution is 2.26. The number of carbonyl (C=O) groups is 1. The topological polar surface area (TPSA) is 74.6 Å². The van der Waals surface area contributed by atoms with Gasteiger partial charge in [-0.1, -0.05) is 12.1 Å². The number of carbonyl (C=O) groups excluding carboxylic acids is 1. The molecular formula is C26H32N6O2. The minimum absolute atomic E-state index is 0.00878. The van der Waals surface area contributed by atoms with E-state index in [1.54, 1.807) is 17.8 Å². The second kappa shape index (κ2) is 9.08. The van der Waals surface area contributed by atoms with Crippen molar-refractivity contribution in [1.29, 1.82) is 0 Å². The zero-order valence-corrected chi connectivity index (χ0v) is 20.2. The standard InChI is InChI=1S/C26H32N6O2/c1-18-6-4-8-22(19(18)2)30-14-16-32(17-15-30)25(33)20-9-12-31(13-10-20)24-26(34)29(3)23-21(28-24)7-5-11-27-23/h4-8,11,20H,9-10,12-17H2,1-3H3. The molecule has 5 rings (SSSR count). The van der Waals surface area contributed by atoms with Gasteiger partial charge in [0.1, 0.15) is 5.52 Å². The largest absolute Gasteiger partial charge is 0.368 e. The second-order valence-electron chi connectivity index (χ2n) is 9.44. The minimum Gasteiger partial charge on any atom is -0.368 e. The molecule has 2 aliphatic rings. The predicted molar refractivity (Wildman–Crippen MR) is 134 cm³/mol. The summed E-state index contributed by atoms with van der Waals surface area (Å²) < 4.78 is 1.56. The van der Waals surface area contributed by atoms with Gasteiger partial charge in [0.2, 0.25) is 5.91 Å². The van der Waals surface area contributed by atoms with E-state index >= 15 is 0 Å². The van der Waals surface area contributed by atoms with Gasteiger partial charge in [-0.15, -0.1) is 0 Å². The van der Waals surface area contributed by atoms with Gasteiger partial charge in [0.15, 0.2) is 11.5 Å². The van der Waals surface area contributed by atoms with Crippen LogP contribution in [0.5, 0.6) is 0 Å². The van der Waals surface area contributed by atoms with Crippen LogP contribution >= 0.6 is 0 Å². The quantitative estimate of drug-likeness (QED) is 0.598. The van der Waals surface area contributed by atoms with Crippen molar-refractivity contribution in [2.75, 3.05) is 49.1 Å². The molecular weight excluding hydrogens is 428 g/mol. The highest BCUT2D eigenvalue weighted by atomic mass is 16.2. The maximum Gasteiger partial charge on any atom is 0.294 e. The molecule has 2 aromatic heterocycles. The highest BCUT2D eigenvalue weighted by Gasteiger charge is 2.32. The Morgan fingerprint density at radius 3 is 2.41 bits per heavy atom. The summed E-state index contributed by atoms with van der Waals surface area (Å²) in [7, 11) is 1.73. The van der Waals surface area contributed by atoms with E-state index in [-0.39, 0.29) is 17.4 Å². The van der Waals surface area contributed by atoms with E-state index in [0.29, 0.717) is 30.1 Å². The number of hydrogen-bond donors (Lipinski definition) is 0. The summed E-state index contributed by atoms with van der Waals surface area (Å²) in [5.74, 6) is 0.717. The average Bonchev–Trinajstić information content (AvgIpc) is 2.88. The molecule has 0 radical (unpaired) electrons. The number of hydrogen-bond acceptors (Lipinski definition) is 6. The van der Waals surface area contributed by atoms with E-state index in [9.17, 15) is 9.59 Å². The molecule has 0 bridgehead atoms. The van der Waals surface area contributed by atoms with Crippen molar-refractivity contribution in [1.82, 2.24) is 19.4 Å². The Hall–Kier alpha value is -3.42. The summed E-state index contributed by atoms with van der Waals surface area (Å²) >= 11 is 0. The number of fused-ring (bicyclic) bond motifs is 1. The molecule has 8 heteroatoms. The van der Waals surface area contributed by atoms with Crippen LogP contribution in [0.3, 0.4) is 0 Å². The zero-order valence-electron chi connectivity index (χ0n) is 20.2. The number of aryl methyl sites for hydroxylation is 2. The van der Waals surface area contributed by atoms with Gasteiger partial charge in [-0.25, -0.2) is 9.97 Å².